The Bertz CT molecular complexity index is 314. The van der Waals surface area contributed by atoms with E-state index in [2.05, 4.69) is 30.8 Å². The fourth-order valence-corrected chi connectivity index (χ4v) is 3.36. The molecule has 0 aromatic rings. The van der Waals surface area contributed by atoms with Gasteiger partial charge in [-0.15, -0.1) is 0 Å². The first-order valence-electron chi connectivity index (χ1n) is 6.49. The van der Waals surface area contributed by atoms with Crippen LogP contribution < -0.4 is 10.0 Å². The molecule has 1 atom stereocenters. The normalized spacial score (nSPS) is 21.9. The van der Waals surface area contributed by atoms with Crippen molar-refractivity contribution in [2.24, 2.45) is 5.41 Å². The molecule has 5 heteroatoms. The molecule has 1 fully saturated rings. The second kappa shape index (κ2) is 6.16. The third-order valence-corrected chi connectivity index (χ3v) is 4.48. The minimum Gasteiger partial charge on any atom is -0.314 e. The molecule has 0 amide bonds. The minimum atomic E-state index is -3.08. The zero-order chi connectivity index (χ0) is 12.9. The van der Waals surface area contributed by atoms with E-state index in [0.717, 1.165) is 13.0 Å². The first-order chi connectivity index (χ1) is 7.79. The lowest BCUT2D eigenvalue weighted by atomic mass is 9.94. The van der Waals surface area contributed by atoms with E-state index in [4.69, 9.17) is 0 Å². The maximum absolute atomic E-state index is 11.7. The second-order valence-corrected chi connectivity index (χ2v) is 8.03. The van der Waals surface area contributed by atoms with Crippen molar-refractivity contribution in [3.8, 4) is 0 Å². The van der Waals surface area contributed by atoms with Crippen LogP contribution in [0, 0.1) is 5.41 Å². The lowest BCUT2D eigenvalue weighted by Crippen LogP contribution is -2.32. The van der Waals surface area contributed by atoms with Gasteiger partial charge in [0, 0.05) is 12.6 Å². The summed E-state index contributed by atoms with van der Waals surface area (Å²) in [5, 5.41) is 3.36. The fraction of sp³-hybridized carbons (Fsp3) is 1.00. The summed E-state index contributed by atoms with van der Waals surface area (Å²) in [7, 11) is -3.08. The van der Waals surface area contributed by atoms with Crippen LogP contribution in [0.5, 0.6) is 0 Å². The summed E-state index contributed by atoms with van der Waals surface area (Å²) in [5.41, 5.74) is 0.0712. The molecule has 1 unspecified atom stereocenters. The van der Waals surface area contributed by atoms with Crippen molar-refractivity contribution in [2.45, 2.75) is 52.5 Å². The van der Waals surface area contributed by atoms with Crippen LogP contribution in [0.4, 0.5) is 0 Å². The van der Waals surface area contributed by atoms with Crippen molar-refractivity contribution < 1.29 is 8.42 Å². The van der Waals surface area contributed by atoms with Crippen molar-refractivity contribution in [1.82, 2.24) is 10.0 Å². The van der Waals surface area contributed by atoms with Crippen LogP contribution in [-0.4, -0.2) is 33.3 Å². The van der Waals surface area contributed by atoms with Crippen LogP contribution in [0.1, 0.15) is 46.5 Å². The topological polar surface area (TPSA) is 58.2 Å². The Morgan fingerprint density at radius 3 is 2.59 bits per heavy atom. The molecular formula is C12H26N2O2S. The molecule has 0 aliphatic carbocycles. The van der Waals surface area contributed by atoms with Gasteiger partial charge in [-0.25, -0.2) is 13.1 Å². The highest BCUT2D eigenvalue weighted by atomic mass is 32.2. The van der Waals surface area contributed by atoms with Crippen molar-refractivity contribution in [3.63, 3.8) is 0 Å². The van der Waals surface area contributed by atoms with Gasteiger partial charge < -0.3 is 5.32 Å². The Balaban J connectivity index is 2.20. The molecule has 0 aromatic heterocycles. The number of sulfonamides is 1. The highest BCUT2D eigenvalue weighted by molar-refractivity contribution is 7.89. The van der Waals surface area contributed by atoms with E-state index in [1.54, 1.807) is 0 Å². The standard InChI is InChI=1S/C12H26N2O2S/c1-12(2,3)7-10-17(15,16)14-9-6-11-5-4-8-13-11/h11,13-14H,4-10H2,1-3H3. The van der Waals surface area contributed by atoms with E-state index in [9.17, 15) is 8.42 Å². The SMILES string of the molecule is CC(C)(C)CCS(=O)(=O)NCCC1CCCN1. The van der Waals surface area contributed by atoms with Gasteiger partial charge in [0.2, 0.25) is 10.0 Å². The zero-order valence-corrected chi connectivity index (χ0v) is 12.1. The number of hydrogen-bond acceptors (Lipinski definition) is 3. The van der Waals surface area contributed by atoms with Crippen LogP contribution in [0.3, 0.4) is 0 Å². The van der Waals surface area contributed by atoms with Gasteiger partial charge in [0.1, 0.15) is 0 Å². The summed E-state index contributed by atoms with van der Waals surface area (Å²) >= 11 is 0. The van der Waals surface area contributed by atoms with E-state index < -0.39 is 10.0 Å². The number of rotatable bonds is 6. The molecule has 0 radical (unpaired) electrons. The number of hydrogen-bond donors (Lipinski definition) is 2. The summed E-state index contributed by atoms with van der Waals surface area (Å²) in [6.07, 6.45) is 3.98. The van der Waals surface area contributed by atoms with Crippen LogP contribution in [0.25, 0.3) is 0 Å². The molecule has 1 heterocycles. The zero-order valence-electron chi connectivity index (χ0n) is 11.3. The van der Waals surface area contributed by atoms with E-state index in [0.29, 0.717) is 19.0 Å². The van der Waals surface area contributed by atoms with Gasteiger partial charge in [-0.2, -0.15) is 0 Å². The minimum absolute atomic E-state index is 0.0712. The molecule has 1 rings (SSSR count). The van der Waals surface area contributed by atoms with E-state index in [1.165, 1.54) is 12.8 Å². The van der Waals surface area contributed by atoms with Gasteiger partial charge in [-0.3, -0.25) is 0 Å². The largest absolute Gasteiger partial charge is 0.314 e. The smallest absolute Gasteiger partial charge is 0.211 e. The van der Waals surface area contributed by atoms with Gasteiger partial charge in [0.05, 0.1) is 5.75 Å². The first kappa shape index (κ1) is 14.9. The predicted octanol–water partition coefficient (Wildman–Crippen LogP) is 1.48. The first-order valence-corrected chi connectivity index (χ1v) is 8.14. The quantitative estimate of drug-likeness (QED) is 0.762. The Kier molecular flexibility index (Phi) is 5.41. The van der Waals surface area contributed by atoms with Gasteiger partial charge in [-0.1, -0.05) is 20.8 Å². The molecular weight excluding hydrogens is 236 g/mol. The molecule has 17 heavy (non-hydrogen) atoms. The Hall–Kier alpha value is -0.130. The van der Waals surface area contributed by atoms with Crippen LogP contribution >= 0.6 is 0 Å². The van der Waals surface area contributed by atoms with E-state index in [1.807, 2.05) is 0 Å². The van der Waals surface area contributed by atoms with Crippen molar-refractivity contribution in [2.75, 3.05) is 18.8 Å². The lowest BCUT2D eigenvalue weighted by molar-refractivity contribution is 0.396. The molecule has 1 aliphatic rings. The van der Waals surface area contributed by atoms with Gasteiger partial charge in [0.25, 0.3) is 0 Å². The second-order valence-electron chi connectivity index (χ2n) is 6.11. The molecule has 0 saturated carbocycles. The van der Waals surface area contributed by atoms with Gasteiger partial charge >= 0.3 is 0 Å². The average Bonchev–Trinajstić information content (AvgIpc) is 2.67. The fourth-order valence-electron chi connectivity index (χ4n) is 1.90. The summed E-state index contributed by atoms with van der Waals surface area (Å²) < 4.78 is 26.1. The summed E-state index contributed by atoms with van der Waals surface area (Å²) in [6, 6.07) is 0.500. The van der Waals surface area contributed by atoms with Gasteiger partial charge in [0.15, 0.2) is 0 Å². The third kappa shape index (κ3) is 7.01. The molecule has 4 nitrogen and oxygen atoms in total. The van der Waals surface area contributed by atoms with Crippen LogP contribution in [0.15, 0.2) is 0 Å². The summed E-state index contributed by atoms with van der Waals surface area (Å²) in [4.78, 5) is 0. The molecule has 102 valence electrons. The Morgan fingerprint density at radius 2 is 2.06 bits per heavy atom. The summed E-state index contributed by atoms with van der Waals surface area (Å²) in [5.74, 6) is 0.231. The monoisotopic (exact) mass is 262 g/mol. The van der Waals surface area contributed by atoms with Crippen molar-refractivity contribution in [3.05, 3.63) is 0 Å². The molecule has 0 spiro atoms. The van der Waals surface area contributed by atoms with Crippen LogP contribution in [0.2, 0.25) is 0 Å². The highest BCUT2D eigenvalue weighted by Gasteiger charge is 2.18. The predicted molar refractivity (Wildman–Crippen MR) is 71.5 cm³/mol. The van der Waals surface area contributed by atoms with Crippen molar-refractivity contribution >= 4 is 10.0 Å². The lowest BCUT2D eigenvalue weighted by Gasteiger charge is -2.18. The van der Waals surface area contributed by atoms with Crippen LogP contribution in [-0.2, 0) is 10.0 Å². The number of nitrogens with one attached hydrogen (secondary N) is 2. The maximum atomic E-state index is 11.7. The third-order valence-electron chi connectivity index (χ3n) is 3.10. The summed E-state index contributed by atoms with van der Waals surface area (Å²) in [6.45, 7) is 7.81. The highest BCUT2D eigenvalue weighted by Crippen LogP contribution is 2.18. The molecule has 0 bridgehead atoms. The Morgan fingerprint density at radius 1 is 1.35 bits per heavy atom. The van der Waals surface area contributed by atoms with Crippen molar-refractivity contribution in [1.29, 1.82) is 0 Å². The molecule has 0 aromatic carbocycles. The average molecular weight is 262 g/mol. The molecule has 1 saturated heterocycles. The molecule has 2 N–H and O–H groups in total. The maximum Gasteiger partial charge on any atom is 0.211 e. The van der Waals surface area contributed by atoms with E-state index >= 15 is 0 Å². The Labute approximate surface area is 106 Å². The molecule has 1 aliphatic heterocycles. The van der Waals surface area contributed by atoms with E-state index in [-0.39, 0.29) is 11.2 Å². The van der Waals surface area contributed by atoms with Gasteiger partial charge in [-0.05, 0) is 37.6 Å².